The average molecular weight is 471 g/mol. The van der Waals surface area contributed by atoms with Crippen molar-refractivity contribution in [3.63, 3.8) is 0 Å². The standard InChI is InChI=1S/C28H26N2O5/c31-26(29-14-17-9-11-18(12-10-17)27(32)33)24-13-19(24)15-30-28(34)35-16-25-22-7-3-1-5-20(22)21-6-2-4-8-23(21)25/h1-12,19,24-25H,13-16H2,(H,29,31)(H,30,34)(H,32,33)/t19-,24-/m1/s1. The summed E-state index contributed by atoms with van der Waals surface area (Å²) in [6.45, 7) is 0.985. The largest absolute Gasteiger partial charge is 0.478 e. The number of alkyl carbamates (subject to hydrolysis) is 1. The van der Waals surface area contributed by atoms with Gasteiger partial charge < -0.3 is 20.5 Å². The lowest BCUT2D eigenvalue weighted by Gasteiger charge is -2.14. The van der Waals surface area contributed by atoms with Crippen molar-refractivity contribution >= 4 is 18.0 Å². The van der Waals surface area contributed by atoms with Crippen LogP contribution in [0.2, 0.25) is 0 Å². The number of amides is 2. The molecule has 2 amide bonds. The van der Waals surface area contributed by atoms with Gasteiger partial charge in [0.1, 0.15) is 6.61 Å². The Kier molecular flexibility index (Phi) is 6.23. The minimum Gasteiger partial charge on any atom is -0.478 e. The normalized spacial score (nSPS) is 17.7. The van der Waals surface area contributed by atoms with Crippen molar-refractivity contribution in [2.45, 2.75) is 18.9 Å². The van der Waals surface area contributed by atoms with Crippen LogP contribution in [0.4, 0.5) is 4.79 Å². The van der Waals surface area contributed by atoms with Crippen LogP contribution in [0.1, 0.15) is 39.4 Å². The Morgan fingerprint density at radius 1 is 0.857 bits per heavy atom. The lowest BCUT2D eigenvalue weighted by molar-refractivity contribution is -0.122. The van der Waals surface area contributed by atoms with Crippen molar-refractivity contribution in [3.8, 4) is 11.1 Å². The van der Waals surface area contributed by atoms with Crippen LogP contribution in [0.15, 0.2) is 72.8 Å². The lowest BCUT2D eigenvalue weighted by atomic mass is 9.98. The molecule has 3 aromatic carbocycles. The minimum atomic E-state index is -0.981. The highest BCUT2D eigenvalue weighted by molar-refractivity contribution is 5.87. The van der Waals surface area contributed by atoms with E-state index in [9.17, 15) is 14.4 Å². The topological polar surface area (TPSA) is 105 Å². The molecule has 0 radical (unpaired) electrons. The minimum absolute atomic E-state index is 0.0113. The van der Waals surface area contributed by atoms with E-state index in [1.807, 2.05) is 24.3 Å². The molecule has 35 heavy (non-hydrogen) atoms. The first-order valence-electron chi connectivity index (χ1n) is 11.7. The van der Waals surface area contributed by atoms with E-state index in [1.165, 1.54) is 23.3 Å². The molecular weight excluding hydrogens is 444 g/mol. The van der Waals surface area contributed by atoms with Gasteiger partial charge in [0.15, 0.2) is 0 Å². The van der Waals surface area contributed by atoms with E-state index >= 15 is 0 Å². The fourth-order valence-corrected chi connectivity index (χ4v) is 4.74. The third kappa shape index (κ3) is 4.89. The molecule has 0 heterocycles. The molecule has 0 saturated heterocycles. The van der Waals surface area contributed by atoms with Crippen LogP contribution in [-0.2, 0) is 16.1 Å². The molecule has 0 aromatic heterocycles. The fourth-order valence-electron chi connectivity index (χ4n) is 4.74. The molecular formula is C28H26N2O5. The monoisotopic (exact) mass is 470 g/mol. The van der Waals surface area contributed by atoms with E-state index in [0.29, 0.717) is 19.5 Å². The highest BCUT2D eigenvalue weighted by Gasteiger charge is 2.42. The van der Waals surface area contributed by atoms with Gasteiger partial charge in [0.2, 0.25) is 5.91 Å². The summed E-state index contributed by atoms with van der Waals surface area (Å²) in [4.78, 5) is 35.7. The molecule has 7 nitrogen and oxygen atoms in total. The fraction of sp³-hybridized carbons (Fsp3) is 0.250. The second-order valence-corrected chi connectivity index (χ2v) is 9.03. The summed E-state index contributed by atoms with van der Waals surface area (Å²) in [6.07, 6.45) is 0.240. The Bertz CT molecular complexity index is 1220. The van der Waals surface area contributed by atoms with Crippen molar-refractivity contribution < 1.29 is 24.2 Å². The summed E-state index contributed by atoms with van der Waals surface area (Å²) in [5, 5.41) is 14.6. The van der Waals surface area contributed by atoms with Crippen molar-refractivity contribution in [1.29, 1.82) is 0 Å². The van der Waals surface area contributed by atoms with Crippen LogP contribution in [0, 0.1) is 11.8 Å². The van der Waals surface area contributed by atoms with E-state index in [4.69, 9.17) is 9.84 Å². The smallest absolute Gasteiger partial charge is 0.407 e. The molecule has 3 N–H and O–H groups in total. The molecule has 2 aliphatic rings. The van der Waals surface area contributed by atoms with Gasteiger partial charge >= 0.3 is 12.1 Å². The maximum atomic E-state index is 12.4. The summed E-state index contributed by atoms with van der Waals surface area (Å²) in [5.41, 5.74) is 5.73. The van der Waals surface area contributed by atoms with E-state index in [1.54, 1.807) is 12.1 Å². The number of aromatic carboxylic acids is 1. The number of nitrogens with one attached hydrogen (secondary N) is 2. The number of hydrogen-bond donors (Lipinski definition) is 3. The first-order valence-corrected chi connectivity index (χ1v) is 11.7. The molecule has 0 aliphatic heterocycles. The van der Waals surface area contributed by atoms with Gasteiger partial charge in [-0.3, -0.25) is 4.79 Å². The number of hydrogen-bond acceptors (Lipinski definition) is 4. The summed E-state index contributed by atoms with van der Waals surface area (Å²) < 4.78 is 5.55. The molecule has 2 atom stereocenters. The number of carbonyl (C=O) groups is 3. The number of fused-ring (bicyclic) bond motifs is 3. The summed E-state index contributed by atoms with van der Waals surface area (Å²) in [7, 11) is 0. The van der Waals surface area contributed by atoms with Gasteiger partial charge in [-0.1, -0.05) is 60.7 Å². The maximum absolute atomic E-state index is 12.4. The second kappa shape index (κ2) is 9.62. The molecule has 7 heteroatoms. The first kappa shape index (κ1) is 22.7. The lowest BCUT2D eigenvalue weighted by Crippen LogP contribution is -2.30. The number of ether oxygens (including phenoxy) is 1. The van der Waals surface area contributed by atoms with E-state index in [2.05, 4.69) is 34.9 Å². The quantitative estimate of drug-likeness (QED) is 0.458. The zero-order valence-electron chi connectivity index (χ0n) is 19.1. The number of rotatable bonds is 8. The Balaban J connectivity index is 1.06. The Hall–Kier alpha value is -4.13. The number of benzene rings is 3. The van der Waals surface area contributed by atoms with Gasteiger partial charge in [-0.25, -0.2) is 9.59 Å². The first-order chi connectivity index (χ1) is 17.0. The summed E-state index contributed by atoms with van der Waals surface area (Å²) in [6, 6.07) is 22.8. The van der Waals surface area contributed by atoms with Gasteiger partial charge in [0, 0.05) is 24.9 Å². The van der Waals surface area contributed by atoms with E-state index in [-0.39, 0.29) is 35.8 Å². The van der Waals surface area contributed by atoms with Gasteiger partial charge in [0.25, 0.3) is 0 Å². The van der Waals surface area contributed by atoms with Crippen molar-refractivity contribution in [2.24, 2.45) is 11.8 Å². The maximum Gasteiger partial charge on any atom is 0.407 e. The molecule has 0 spiro atoms. The van der Waals surface area contributed by atoms with Crippen molar-refractivity contribution in [2.75, 3.05) is 13.2 Å². The van der Waals surface area contributed by atoms with E-state index in [0.717, 1.165) is 16.7 Å². The molecule has 1 saturated carbocycles. The molecule has 1 fully saturated rings. The number of carbonyl (C=O) groups excluding carboxylic acids is 2. The van der Waals surface area contributed by atoms with Crippen molar-refractivity contribution in [1.82, 2.24) is 10.6 Å². The number of carboxylic acid groups (broad SMARTS) is 1. The highest BCUT2D eigenvalue weighted by Crippen LogP contribution is 2.44. The second-order valence-electron chi connectivity index (χ2n) is 9.03. The molecule has 0 bridgehead atoms. The van der Waals surface area contributed by atoms with Crippen molar-refractivity contribution in [3.05, 3.63) is 95.1 Å². The van der Waals surface area contributed by atoms with Gasteiger partial charge in [-0.05, 0) is 52.3 Å². The predicted octanol–water partition coefficient (Wildman–Crippen LogP) is 4.18. The van der Waals surface area contributed by atoms with Gasteiger partial charge in [-0.2, -0.15) is 0 Å². The van der Waals surface area contributed by atoms with E-state index < -0.39 is 12.1 Å². The van der Waals surface area contributed by atoms with Crippen LogP contribution in [0.3, 0.4) is 0 Å². The zero-order valence-corrected chi connectivity index (χ0v) is 19.1. The number of carboxylic acids is 1. The van der Waals surface area contributed by atoms with Crippen LogP contribution in [0.5, 0.6) is 0 Å². The molecule has 178 valence electrons. The molecule has 2 aliphatic carbocycles. The van der Waals surface area contributed by atoms with Gasteiger partial charge in [-0.15, -0.1) is 0 Å². The highest BCUT2D eigenvalue weighted by atomic mass is 16.5. The molecule has 0 unspecified atom stereocenters. The molecule has 3 aromatic rings. The Morgan fingerprint density at radius 2 is 1.49 bits per heavy atom. The van der Waals surface area contributed by atoms with Crippen LogP contribution < -0.4 is 10.6 Å². The van der Waals surface area contributed by atoms with Crippen LogP contribution in [-0.4, -0.2) is 36.2 Å². The summed E-state index contributed by atoms with van der Waals surface area (Å²) >= 11 is 0. The molecule has 5 rings (SSSR count). The third-order valence-electron chi connectivity index (χ3n) is 6.78. The zero-order chi connectivity index (χ0) is 24.4. The predicted molar refractivity (Wildman–Crippen MR) is 130 cm³/mol. The SMILES string of the molecule is O=C(NC[C@H]1C[C@H]1C(=O)NCc1ccc(C(=O)O)cc1)OCC1c2ccccc2-c2ccccc21. The van der Waals surface area contributed by atoms with Crippen LogP contribution >= 0.6 is 0 Å². The third-order valence-corrected chi connectivity index (χ3v) is 6.78. The van der Waals surface area contributed by atoms with Crippen LogP contribution in [0.25, 0.3) is 11.1 Å². The van der Waals surface area contributed by atoms with Gasteiger partial charge in [0.05, 0.1) is 5.56 Å². The Morgan fingerprint density at radius 3 is 2.11 bits per heavy atom. The Labute approximate surface area is 203 Å². The average Bonchev–Trinajstić information content (AvgIpc) is 3.60. The summed E-state index contributed by atoms with van der Waals surface area (Å²) in [5.74, 6) is -1.08.